The summed E-state index contributed by atoms with van der Waals surface area (Å²) in [6.45, 7) is 2.37. The molecular formula is C22H17ClN4O2. The third kappa shape index (κ3) is 2.95. The van der Waals surface area contributed by atoms with Crippen LogP contribution in [-0.2, 0) is 17.7 Å². The summed E-state index contributed by atoms with van der Waals surface area (Å²) in [5, 5.41) is 11.2. The first kappa shape index (κ1) is 17.8. The van der Waals surface area contributed by atoms with E-state index in [9.17, 15) is 10.1 Å². The Morgan fingerprint density at radius 3 is 2.90 bits per heavy atom. The molecule has 1 saturated heterocycles. The van der Waals surface area contributed by atoms with Crippen LogP contribution in [0.15, 0.2) is 42.6 Å². The first-order valence-electron chi connectivity index (χ1n) is 9.44. The van der Waals surface area contributed by atoms with Gasteiger partial charge in [-0.15, -0.1) is 0 Å². The van der Waals surface area contributed by atoms with Gasteiger partial charge in [0.1, 0.15) is 12.7 Å². The number of anilines is 2. The van der Waals surface area contributed by atoms with Crippen molar-refractivity contribution in [3.8, 4) is 6.07 Å². The minimum atomic E-state index is -0.289. The Bertz CT molecular complexity index is 1190. The number of cyclic esters (lactones) is 1. The lowest BCUT2D eigenvalue weighted by Gasteiger charge is -2.34. The van der Waals surface area contributed by atoms with Gasteiger partial charge in [0.15, 0.2) is 0 Å². The van der Waals surface area contributed by atoms with E-state index in [1.54, 1.807) is 17.2 Å². The molecule has 0 saturated carbocycles. The topological polar surface area (TPSA) is 69.5 Å². The van der Waals surface area contributed by atoms with Gasteiger partial charge in [0, 0.05) is 29.7 Å². The van der Waals surface area contributed by atoms with Crippen LogP contribution in [0.25, 0.3) is 10.9 Å². The Labute approximate surface area is 172 Å². The maximum atomic E-state index is 12.0. The number of pyridine rings is 1. The van der Waals surface area contributed by atoms with Crippen molar-refractivity contribution < 1.29 is 9.53 Å². The quantitative estimate of drug-likeness (QED) is 0.637. The van der Waals surface area contributed by atoms with Crippen LogP contribution < -0.4 is 9.80 Å². The van der Waals surface area contributed by atoms with Crippen molar-refractivity contribution in [3.63, 3.8) is 0 Å². The summed E-state index contributed by atoms with van der Waals surface area (Å²) in [4.78, 5) is 20.4. The highest BCUT2D eigenvalue weighted by Gasteiger charge is 2.29. The summed E-state index contributed by atoms with van der Waals surface area (Å²) in [6.07, 6.45) is 2.10. The average Bonchev–Trinajstić information content (AvgIpc) is 3.17. The number of rotatable bonds is 2. The number of nitriles is 1. The molecule has 6 nitrogen and oxygen atoms in total. The minimum absolute atomic E-state index is 0.289. The first-order valence-corrected chi connectivity index (χ1v) is 9.82. The fourth-order valence-electron chi connectivity index (χ4n) is 4.22. The smallest absolute Gasteiger partial charge is 0.414 e. The maximum absolute atomic E-state index is 12.0. The number of halogens is 1. The monoisotopic (exact) mass is 404 g/mol. The van der Waals surface area contributed by atoms with Gasteiger partial charge in [-0.25, -0.2) is 4.79 Å². The van der Waals surface area contributed by atoms with Gasteiger partial charge in [-0.2, -0.15) is 5.26 Å². The predicted octanol–water partition coefficient (Wildman–Crippen LogP) is 4.28. The number of hydrogen-bond acceptors (Lipinski definition) is 5. The van der Waals surface area contributed by atoms with E-state index >= 15 is 0 Å². The first-order chi connectivity index (χ1) is 14.2. The molecule has 2 aromatic carbocycles. The van der Waals surface area contributed by atoms with Crippen LogP contribution in [0.2, 0.25) is 5.02 Å². The van der Waals surface area contributed by atoms with Gasteiger partial charge in [-0.1, -0.05) is 23.7 Å². The summed E-state index contributed by atoms with van der Waals surface area (Å²) in [5.74, 6) is 0. The molecule has 0 spiro atoms. The molecule has 0 radical (unpaired) electrons. The Kier molecular flexibility index (Phi) is 4.26. The van der Waals surface area contributed by atoms with Crippen LogP contribution in [0.3, 0.4) is 0 Å². The number of amides is 1. The van der Waals surface area contributed by atoms with Crippen LogP contribution in [0.4, 0.5) is 16.2 Å². The molecule has 1 fully saturated rings. The van der Waals surface area contributed by atoms with Crippen LogP contribution in [-0.4, -0.2) is 30.8 Å². The normalized spacial score (nSPS) is 15.9. The fourth-order valence-corrected chi connectivity index (χ4v) is 4.39. The lowest BCUT2D eigenvalue weighted by molar-refractivity contribution is 0.181. The Morgan fingerprint density at radius 1 is 1.21 bits per heavy atom. The van der Waals surface area contributed by atoms with E-state index in [4.69, 9.17) is 16.3 Å². The van der Waals surface area contributed by atoms with Gasteiger partial charge in [-0.3, -0.25) is 9.88 Å². The van der Waals surface area contributed by atoms with Crippen molar-refractivity contribution in [1.29, 1.82) is 5.26 Å². The van der Waals surface area contributed by atoms with Crippen LogP contribution >= 0.6 is 11.6 Å². The zero-order valence-corrected chi connectivity index (χ0v) is 16.3. The lowest BCUT2D eigenvalue weighted by atomic mass is 9.95. The molecule has 0 N–H and O–H groups in total. The summed E-state index contributed by atoms with van der Waals surface area (Å²) in [6, 6.07) is 13.8. The number of aromatic nitrogens is 1. The van der Waals surface area contributed by atoms with Gasteiger partial charge in [0.25, 0.3) is 0 Å². The second-order valence-corrected chi connectivity index (χ2v) is 7.58. The number of benzene rings is 2. The number of hydrogen-bond donors (Lipinski definition) is 0. The standard InChI is InChI=1S/C22H17ClN4O2/c23-16-4-5-19-18(10-16)21(15(11-24)12-25-19)26-7-6-17-14(13-26)2-1-3-20(17)27-8-9-29-22(27)28/h1-5,10,12H,6-9,13H2. The summed E-state index contributed by atoms with van der Waals surface area (Å²) < 4.78 is 5.11. The zero-order chi connectivity index (χ0) is 20.0. The molecule has 1 amide bonds. The van der Waals surface area contributed by atoms with Crippen molar-refractivity contribution in [2.75, 3.05) is 29.5 Å². The van der Waals surface area contributed by atoms with Gasteiger partial charge < -0.3 is 9.64 Å². The average molecular weight is 405 g/mol. The fraction of sp³-hybridized carbons (Fsp3) is 0.227. The number of carbonyl (C=O) groups excluding carboxylic acids is 1. The minimum Gasteiger partial charge on any atom is -0.447 e. The molecule has 1 aromatic heterocycles. The number of nitrogens with zero attached hydrogens (tertiary/aromatic N) is 4. The second kappa shape index (κ2) is 6.94. The van der Waals surface area contributed by atoms with E-state index in [2.05, 4.69) is 22.0 Å². The van der Waals surface area contributed by atoms with E-state index in [1.165, 1.54) is 0 Å². The van der Waals surface area contributed by atoms with E-state index < -0.39 is 0 Å². The van der Waals surface area contributed by atoms with Crippen molar-refractivity contribution in [1.82, 2.24) is 4.98 Å². The molecule has 0 bridgehead atoms. The predicted molar refractivity (Wildman–Crippen MR) is 111 cm³/mol. The van der Waals surface area contributed by atoms with Gasteiger partial charge in [0.2, 0.25) is 0 Å². The maximum Gasteiger partial charge on any atom is 0.414 e. The van der Waals surface area contributed by atoms with Crippen molar-refractivity contribution in [2.24, 2.45) is 0 Å². The van der Waals surface area contributed by atoms with Crippen LogP contribution in [0.1, 0.15) is 16.7 Å². The molecule has 3 heterocycles. The summed E-state index contributed by atoms with van der Waals surface area (Å²) in [5.41, 5.74) is 5.43. The van der Waals surface area contributed by atoms with Crippen molar-refractivity contribution >= 4 is 40.0 Å². The molecule has 2 aliphatic rings. The van der Waals surface area contributed by atoms with Crippen LogP contribution in [0, 0.1) is 11.3 Å². The van der Waals surface area contributed by atoms with Gasteiger partial charge in [0.05, 0.1) is 29.0 Å². The second-order valence-electron chi connectivity index (χ2n) is 7.15. The number of ether oxygens (including phenoxy) is 1. The molecule has 0 aliphatic carbocycles. The Hall–Kier alpha value is -3.30. The molecular weight excluding hydrogens is 388 g/mol. The van der Waals surface area contributed by atoms with Crippen molar-refractivity contribution in [3.05, 3.63) is 64.3 Å². The Balaban J connectivity index is 1.58. The van der Waals surface area contributed by atoms with E-state index in [0.29, 0.717) is 30.3 Å². The van der Waals surface area contributed by atoms with E-state index in [0.717, 1.165) is 46.4 Å². The van der Waals surface area contributed by atoms with E-state index in [-0.39, 0.29) is 6.09 Å². The molecule has 7 heteroatoms. The Morgan fingerprint density at radius 2 is 2.10 bits per heavy atom. The largest absolute Gasteiger partial charge is 0.447 e. The van der Waals surface area contributed by atoms with Crippen molar-refractivity contribution in [2.45, 2.75) is 13.0 Å². The highest BCUT2D eigenvalue weighted by molar-refractivity contribution is 6.31. The summed E-state index contributed by atoms with van der Waals surface area (Å²) >= 11 is 6.23. The SMILES string of the molecule is N#Cc1cnc2ccc(Cl)cc2c1N1CCc2c(cccc2N2CCOC2=O)C1. The third-order valence-corrected chi connectivity index (χ3v) is 5.77. The number of fused-ring (bicyclic) bond motifs is 2. The number of carbonyl (C=O) groups is 1. The molecule has 2 aliphatic heterocycles. The zero-order valence-electron chi connectivity index (χ0n) is 15.6. The molecule has 29 heavy (non-hydrogen) atoms. The highest BCUT2D eigenvalue weighted by Crippen LogP contribution is 2.37. The molecule has 0 atom stereocenters. The molecule has 144 valence electrons. The third-order valence-electron chi connectivity index (χ3n) is 5.53. The van der Waals surface area contributed by atoms with E-state index in [1.807, 2.05) is 24.3 Å². The lowest BCUT2D eigenvalue weighted by Crippen LogP contribution is -2.33. The molecule has 0 unspecified atom stereocenters. The van der Waals surface area contributed by atoms with Gasteiger partial charge >= 0.3 is 6.09 Å². The van der Waals surface area contributed by atoms with Crippen LogP contribution in [0.5, 0.6) is 0 Å². The highest BCUT2D eigenvalue weighted by atomic mass is 35.5. The molecule has 3 aromatic rings. The molecule has 5 rings (SSSR count). The summed E-state index contributed by atoms with van der Waals surface area (Å²) in [7, 11) is 0. The van der Waals surface area contributed by atoms with Gasteiger partial charge in [-0.05, 0) is 41.8 Å².